The van der Waals surface area contributed by atoms with Gasteiger partial charge in [0.05, 0.1) is 36.2 Å². The molecule has 4 aromatic rings. The number of anilines is 2. The van der Waals surface area contributed by atoms with E-state index in [9.17, 15) is 13.2 Å². The molecule has 0 bridgehead atoms. The van der Waals surface area contributed by atoms with Crippen LogP contribution in [0.5, 0.6) is 0 Å². The number of nitrogens with zero attached hydrogens (tertiary/aromatic N) is 6. The van der Waals surface area contributed by atoms with Gasteiger partial charge in [-0.2, -0.15) is 5.10 Å². The summed E-state index contributed by atoms with van der Waals surface area (Å²) in [5.74, 6) is 0.00432. The van der Waals surface area contributed by atoms with E-state index in [0.29, 0.717) is 24.4 Å². The molecule has 12 heteroatoms. The quantitative estimate of drug-likeness (QED) is 0.361. The first kappa shape index (κ1) is 27.5. The molecule has 5 rings (SSSR count). The standard InChI is InChI=1S/C28H33N7O4S/c1-18(2)26-25-22(19-9-10-24(29-17-19)33(3)4)16-23(28(36)32-40(5,37)38)30-27(25)35(31-26)21-8-6-7-20(15-21)34-11-13-39-14-12-34/h6-10,15-18H,11-14H2,1-5H3,(H,32,36). The van der Waals surface area contributed by atoms with Crippen molar-refractivity contribution in [2.45, 2.75) is 19.8 Å². The predicted octanol–water partition coefficient (Wildman–Crippen LogP) is 3.20. The summed E-state index contributed by atoms with van der Waals surface area (Å²) in [6.07, 6.45) is 2.68. The Morgan fingerprint density at radius 1 is 1.07 bits per heavy atom. The molecule has 4 heterocycles. The minimum absolute atomic E-state index is 0.0367. The lowest BCUT2D eigenvalue weighted by molar-refractivity contribution is 0.0977. The molecule has 1 N–H and O–H groups in total. The van der Waals surface area contributed by atoms with Crippen LogP contribution in [0.3, 0.4) is 0 Å². The monoisotopic (exact) mass is 563 g/mol. The molecule has 0 atom stereocenters. The molecule has 1 saturated heterocycles. The Balaban J connectivity index is 1.75. The minimum atomic E-state index is -3.80. The molecule has 0 spiro atoms. The lowest BCUT2D eigenvalue weighted by Crippen LogP contribution is -2.36. The number of morpholine rings is 1. The first-order valence-electron chi connectivity index (χ1n) is 13.0. The van der Waals surface area contributed by atoms with E-state index in [1.54, 1.807) is 16.9 Å². The fourth-order valence-electron chi connectivity index (χ4n) is 4.74. The molecule has 40 heavy (non-hydrogen) atoms. The molecule has 0 unspecified atom stereocenters. The van der Waals surface area contributed by atoms with E-state index in [0.717, 1.165) is 53.2 Å². The van der Waals surface area contributed by atoms with Gasteiger partial charge in [0.15, 0.2) is 5.65 Å². The SMILES string of the molecule is CC(C)c1nn(-c2cccc(N3CCOCC3)c2)c2nc(C(=O)NS(C)(=O)=O)cc(-c3ccc(N(C)C)nc3)c12. The van der Waals surface area contributed by atoms with Crippen LogP contribution >= 0.6 is 0 Å². The third kappa shape index (κ3) is 5.63. The first-order chi connectivity index (χ1) is 19.0. The zero-order valence-electron chi connectivity index (χ0n) is 23.2. The molecule has 1 aliphatic rings. The van der Waals surface area contributed by atoms with Crippen LogP contribution in [0.15, 0.2) is 48.7 Å². The molecule has 0 aliphatic carbocycles. The topological polar surface area (TPSA) is 123 Å². The maximum absolute atomic E-state index is 13.1. The van der Waals surface area contributed by atoms with Crippen molar-refractivity contribution >= 4 is 38.5 Å². The van der Waals surface area contributed by atoms with Crippen molar-refractivity contribution in [3.8, 4) is 16.8 Å². The van der Waals surface area contributed by atoms with Gasteiger partial charge in [-0.25, -0.2) is 27.8 Å². The van der Waals surface area contributed by atoms with Crippen LogP contribution in [-0.4, -0.2) is 80.7 Å². The molecule has 11 nitrogen and oxygen atoms in total. The fourth-order valence-corrected chi connectivity index (χ4v) is 5.19. The highest BCUT2D eigenvalue weighted by Gasteiger charge is 2.24. The molecular weight excluding hydrogens is 530 g/mol. The number of nitrogens with one attached hydrogen (secondary N) is 1. The van der Waals surface area contributed by atoms with Crippen LogP contribution in [0.1, 0.15) is 35.9 Å². The number of aromatic nitrogens is 4. The number of carbonyl (C=O) groups is 1. The molecule has 3 aromatic heterocycles. The van der Waals surface area contributed by atoms with E-state index in [1.165, 1.54) is 0 Å². The van der Waals surface area contributed by atoms with Crippen molar-refractivity contribution in [2.24, 2.45) is 0 Å². The van der Waals surface area contributed by atoms with Gasteiger partial charge in [0.1, 0.15) is 11.5 Å². The number of sulfonamides is 1. The van der Waals surface area contributed by atoms with Gasteiger partial charge < -0.3 is 14.5 Å². The minimum Gasteiger partial charge on any atom is -0.378 e. The highest BCUT2D eigenvalue weighted by Crippen LogP contribution is 2.36. The largest absolute Gasteiger partial charge is 0.378 e. The van der Waals surface area contributed by atoms with Crippen LogP contribution < -0.4 is 14.5 Å². The lowest BCUT2D eigenvalue weighted by Gasteiger charge is -2.29. The summed E-state index contributed by atoms with van der Waals surface area (Å²) in [5.41, 5.74) is 4.49. The van der Waals surface area contributed by atoms with Crippen LogP contribution in [0, 0.1) is 0 Å². The van der Waals surface area contributed by atoms with E-state index >= 15 is 0 Å². The number of carbonyl (C=O) groups excluding carboxylic acids is 1. The van der Waals surface area contributed by atoms with Crippen LogP contribution in [0.2, 0.25) is 0 Å². The smallest absolute Gasteiger partial charge is 0.283 e. The second kappa shape index (κ2) is 10.9. The third-order valence-electron chi connectivity index (χ3n) is 6.69. The number of ether oxygens (including phenoxy) is 1. The van der Waals surface area contributed by atoms with E-state index in [2.05, 4.69) is 28.7 Å². The summed E-state index contributed by atoms with van der Waals surface area (Å²) in [7, 11) is 0.0163. The van der Waals surface area contributed by atoms with Crippen molar-refractivity contribution in [3.63, 3.8) is 0 Å². The summed E-state index contributed by atoms with van der Waals surface area (Å²) >= 11 is 0. The van der Waals surface area contributed by atoms with Gasteiger partial charge in [0, 0.05) is 44.6 Å². The highest BCUT2D eigenvalue weighted by atomic mass is 32.2. The van der Waals surface area contributed by atoms with Crippen LogP contribution in [0.4, 0.5) is 11.5 Å². The van der Waals surface area contributed by atoms with E-state index in [-0.39, 0.29) is 11.6 Å². The van der Waals surface area contributed by atoms with Crippen molar-refractivity contribution in [1.82, 2.24) is 24.5 Å². The van der Waals surface area contributed by atoms with Gasteiger partial charge in [0.25, 0.3) is 5.91 Å². The Labute approximate surface area is 233 Å². The zero-order chi connectivity index (χ0) is 28.6. The number of rotatable bonds is 7. The second-order valence-corrected chi connectivity index (χ2v) is 12.1. The van der Waals surface area contributed by atoms with Crippen molar-refractivity contribution in [1.29, 1.82) is 0 Å². The summed E-state index contributed by atoms with van der Waals surface area (Å²) in [6, 6.07) is 13.4. The van der Waals surface area contributed by atoms with Gasteiger partial charge in [-0.1, -0.05) is 19.9 Å². The molecule has 1 fully saturated rings. The highest BCUT2D eigenvalue weighted by molar-refractivity contribution is 7.89. The summed E-state index contributed by atoms with van der Waals surface area (Å²) in [6.45, 7) is 7.01. The molecule has 0 radical (unpaired) electrons. The Bertz CT molecular complexity index is 1660. The molecule has 210 valence electrons. The van der Waals surface area contributed by atoms with E-state index in [1.807, 2.05) is 60.1 Å². The third-order valence-corrected chi connectivity index (χ3v) is 7.25. The Morgan fingerprint density at radius 2 is 1.80 bits per heavy atom. The summed E-state index contributed by atoms with van der Waals surface area (Å²) < 4.78 is 33.1. The predicted molar refractivity (Wildman–Crippen MR) is 156 cm³/mol. The molecule has 0 saturated carbocycles. The van der Waals surface area contributed by atoms with Gasteiger partial charge in [-0.15, -0.1) is 0 Å². The van der Waals surface area contributed by atoms with E-state index < -0.39 is 15.9 Å². The number of pyridine rings is 2. The normalized spacial score (nSPS) is 14.1. The number of fused-ring (bicyclic) bond motifs is 1. The van der Waals surface area contributed by atoms with E-state index in [4.69, 9.17) is 9.84 Å². The Hall–Kier alpha value is -4.03. The maximum atomic E-state index is 13.1. The first-order valence-corrected chi connectivity index (χ1v) is 14.9. The maximum Gasteiger partial charge on any atom is 0.283 e. The van der Waals surface area contributed by atoms with Crippen molar-refractivity contribution < 1.29 is 17.9 Å². The van der Waals surface area contributed by atoms with Crippen LogP contribution in [-0.2, 0) is 14.8 Å². The molecular formula is C28H33N7O4S. The van der Waals surface area contributed by atoms with Gasteiger partial charge in [0.2, 0.25) is 10.0 Å². The van der Waals surface area contributed by atoms with Crippen molar-refractivity contribution in [2.75, 3.05) is 56.5 Å². The Morgan fingerprint density at radius 3 is 2.42 bits per heavy atom. The summed E-state index contributed by atoms with van der Waals surface area (Å²) in [4.78, 5) is 26.4. The number of hydrogen-bond donors (Lipinski definition) is 1. The molecule has 1 aromatic carbocycles. The van der Waals surface area contributed by atoms with Gasteiger partial charge in [-0.05, 0) is 47.9 Å². The summed E-state index contributed by atoms with van der Waals surface area (Å²) in [5, 5.41) is 5.76. The average Bonchev–Trinajstić information content (AvgIpc) is 3.32. The van der Waals surface area contributed by atoms with Crippen LogP contribution in [0.25, 0.3) is 27.8 Å². The lowest BCUT2D eigenvalue weighted by atomic mass is 9.98. The molecule has 1 aliphatic heterocycles. The molecule has 1 amide bonds. The van der Waals surface area contributed by atoms with Crippen molar-refractivity contribution in [3.05, 3.63) is 60.0 Å². The van der Waals surface area contributed by atoms with Gasteiger partial charge in [-0.3, -0.25) is 4.79 Å². The number of hydrogen-bond acceptors (Lipinski definition) is 9. The number of benzene rings is 1. The average molecular weight is 564 g/mol. The number of amides is 1. The Kier molecular flexibility index (Phi) is 7.47. The zero-order valence-corrected chi connectivity index (χ0v) is 24.1. The second-order valence-electron chi connectivity index (χ2n) is 10.3. The fraction of sp³-hybridized carbons (Fsp3) is 0.357. The van der Waals surface area contributed by atoms with Gasteiger partial charge >= 0.3 is 0 Å².